The van der Waals surface area contributed by atoms with Crippen molar-refractivity contribution in [2.24, 2.45) is 0 Å². The normalized spacial score (nSPS) is 10.0. The Morgan fingerprint density at radius 3 is 1.16 bits per heavy atom. The smallest absolute Gasteiger partial charge is 0.0620 e. The summed E-state index contributed by atoms with van der Waals surface area (Å²) in [6.45, 7) is 6.39. The van der Waals surface area contributed by atoms with Crippen molar-refractivity contribution in [3.05, 3.63) is 126 Å². The van der Waals surface area contributed by atoms with Crippen LogP contribution in [-0.4, -0.2) is 0 Å². The molecule has 0 aliphatic carbocycles. The minimum absolute atomic E-state index is 0.346. The van der Waals surface area contributed by atoms with Gasteiger partial charge in [-0.15, -0.1) is 0 Å². The molecule has 4 rings (SSSR count). The van der Waals surface area contributed by atoms with E-state index in [1.807, 2.05) is 0 Å². The van der Waals surface area contributed by atoms with E-state index >= 15 is 0 Å². The number of halogens is 2. The van der Waals surface area contributed by atoms with Crippen LogP contribution in [-0.2, 0) is 15.1 Å². The van der Waals surface area contributed by atoms with E-state index in [2.05, 4.69) is 130 Å². The average Bonchev–Trinajstić information content (AvgIpc) is 2.80. The van der Waals surface area contributed by atoms with Gasteiger partial charge >= 0.3 is 34.5 Å². The SMILES string of the molecule is Cc1ccc(C)c(C)c1.[Cl][Ru][Cl].c1ccc([PH+](c2ccccc2)c2ccccc2)cc1. The van der Waals surface area contributed by atoms with Gasteiger partial charge in [0, 0.05) is 0 Å². The predicted molar refractivity (Wildman–Crippen MR) is 139 cm³/mol. The first kappa shape index (κ1) is 25.8. The molecule has 0 amide bonds. The topological polar surface area (TPSA) is 0 Å². The second-order valence-corrected chi connectivity index (χ2v) is 12.2. The maximum atomic E-state index is 4.85. The van der Waals surface area contributed by atoms with E-state index in [-0.39, 0.29) is 15.1 Å². The summed E-state index contributed by atoms with van der Waals surface area (Å²) in [6, 6.07) is 39.0. The number of aryl methyl sites for hydroxylation is 3. The van der Waals surface area contributed by atoms with Gasteiger partial charge < -0.3 is 0 Å². The Hall–Kier alpha value is -1.49. The summed E-state index contributed by atoms with van der Waals surface area (Å²) >= 11 is -0.346. The molecule has 0 nitrogen and oxygen atoms in total. The molecular formula is C27H28Cl2PRu+. The zero-order valence-electron chi connectivity index (χ0n) is 18.0. The van der Waals surface area contributed by atoms with E-state index in [1.165, 1.54) is 32.6 Å². The van der Waals surface area contributed by atoms with E-state index in [1.54, 1.807) is 0 Å². The third-order valence-corrected chi connectivity index (χ3v) is 7.58. The molecule has 0 saturated carbocycles. The molecule has 0 heterocycles. The third-order valence-electron chi connectivity index (χ3n) is 4.85. The van der Waals surface area contributed by atoms with Crippen LogP contribution in [0.2, 0.25) is 0 Å². The van der Waals surface area contributed by atoms with Crippen LogP contribution in [0.5, 0.6) is 0 Å². The van der Waals surface area contributed by atoms with Crippen molar-refractivity contribution in [3.63, 3.8) is 0 Å². The van der Waals surface area contributed by atoms with Crippen molar-refractivity contribution < 1.29 is 15.1 Å². The molecule has 0 aromatic heterocycles. The molecule has 4 aromatic carbocycles. The van der Waals surface area contributed by atoms with Crippen LogP contribution in [0.25, 0.3) is 0 Å². The second-order valence-electron chi connectivity index (χ2n) is 7.11. The van der Waals surface area contributed by atoms with Crippen molar-refractivity contribution in [1.29, 1.82) is 0 Å². The van der Waals surface area contributed by atoms with Gasteiger partial charge in [-0.05, 0) is 68.3 Å². The minimum Gasteiger partial charge on any atom is -0.0620 e. The Bertz CT molecular complexity index is 915. The van der Waals surface area contributed by atoms with Crippen molar-refractivity contribution in [3.8, 4) is 0 Å². The summed E-state index contributed by atoms with van der Waals surface area (Å²) in [5.74, 6) is 0. The predicted octanol–water partition coefficient (Wildman–Crippen LogP) is 7.17. The van der Waals surface area contributed by atoms with E-state index in [0.717, 1.165) is 0 Å². The zero-order chi connectivity index (χ0) is 22.5. The number of rotatable bonds is 3. The van der Waals surface area contributed by atoms with Crippen molar-refractivity contribution >= 4 is 43.2 Å². The fraction of sp³-hybridized carbons (Fsp3) is 0.111. The summed E-state index contributed by atoms with van der Waals surface area (Å²) in [5, 5.41) is 4.31. The van der Waals surface area contributed by atoms with Crippen molar-refractivity contribution in [1.82, 2.24) is 0 Å². The third kappa shape index (κ3) is 8.88. The Balaban J connectivity index is 0.000000238. The standard InChI is InChI=1S/C18H15P.C9H12.2ClH.Ru/c1-4-10-16(11-5-1)19(17-12-6-2-7-13-17)18-14-8-3-9-15-18;1-7-4-5-8(2)9(3)6-7;;;/h1-15H;4-6H,1-3H3;2*1H;/q;;;;+2/p-1. The summed E-state index contributed by atoms with van der Waals surface area (Å²) < 4.78 is 0. The molecule has 0 bridgehead atoms. The quantitative estimate of drug-likeness (QED) is 0.186. The van der Waals surface area contributed by atoms with Gasteiger partial charge in [-0.3, -0.25) is 0 Å². The van der Waals surface area contributed by atoms with Gasteiger partial charge in [0.1, 0.15) is 15.9 Å². The van der Waals surface area contributed by atoms with Crippen LogP contribution in [0.4, 0.5) is 0 Å². The number of benzene rings is 4. The Morgan fingerprint density at radius 1 is 0.516 bits per heavy atom. The molecule has 0 atom stereocenters. The van der Waals surface area contributed by atoms with Crippen LogP contribution < -0.4 is 15.9 Å². The molecule has 0 aliphatic heterocycles. The fourth-order valence-corrected chi connectivity index (χ4v) is 5.78. The maximum Gasteiger partial charge on any atom is 0.102 e. The second kappa shape index (κ2) is 14.6. The minimum atomic E-state index is -0.877. The van der Waals surface area contributed by atoms with Crippen molar-refractivity contribution in [2.75, 3.05) is 0 Å². The van der Waals surface area contributed by atoms with Gasteiger partial charge in [0.15, 0.2) is 0 Å². The maximum absolute atomic E-state index is 4.85. The first-order chi connectivity index (χ1) is 15.1. The fourth-order valence-electron chi connectivity index (χ4n) is 3.21. The summed E-state index contributed by atoms with van der Waals surface area (Å²) in [7, 11) is 8.83. The molecule has 0 saturated heterocycles. The Labute approximate surface area is 204 Å². The van der Waals surface area contributed by atoms with E-state index in [4.69, 9.17) is 19.4 Å². The zero-order valence-corrected chi connectivity index (χ0v) is 22.3. The van der Waals surface area contributed by atoms with Crippen LogP contribution in [0.15, 0.2) is 109 Å². The molecule has 0 unspecified atom stereocenters. The molecule has 31 heavy (non-hydrogen) atoms. The molecule has 4 aromatic rings. The first-order valence-corrected chi connectivity index (χ1v) is 16.0. The van der Waals surface area contributed by atoms with Gasteiger partial charge in [-0.2, -0.15) is 0 Å². The van der Waals surface area contributed by atoms with E-state index in [9.17, 15) is 0 Å². The molecule has 4 heteroatoms. The molecule has 0 aliphatic rings. The van der Waals surface area contributed by atoms with E-state index in [0.29, 0.717) is 0 Å². The molecule has 0 radical (unpaired) electrons. The largest absolute Gasteiger partial charge is 0.102 e. The summed E-state index contributed by atoms with van der Waals surface area (Å²) in [6.07, 6.45) is 0. The van der Waals surface area contributed by atoms with Crippen LogP contribution in [0, 0.1) is 20.8 Å². The van der Waals surface area contributed by atoms with Crippen LogP contribution in [0.3, 0.4) is 0 Å². The van der Waals surface area contributed by atoms with Gasteiger partial charge in [-0.1, -0.05) is 78.4 Å². The van der Waals surface area contributed by atoms with Gasteiger partial charge in [0.2, 0.25) is 0 Å². The molecule has 0 spiro atoms. The van der Waals surface area contributed by atoms with Gasteiger partial charge in [-0.25, -0.2) is 0 Å². The first-order valence-electron chi connectivity index (χ1n) is 9.99. The Kier molecular flexibility index (Phi) is 12.1. The summed E-state index contributed by atoms with van der Waals surface area (Å²) in [5.41, 5.74) is 4.11. The monoisotopic (exact) mass is 555 g/mol. The van der Waals surface area contributed by atoms with E-state index < -0.39 is 7.92 Å². The summed E-state index contributed by atoms with van der Waals surface area (Å²) in [4.78, 5) is 0. The Morgan fingerprint density at radius 2 is 0.871 bits per heavy atom. The van der Waals surface area contributed by atoms with Crippen LogP contribution in [0.1, 0.15) is 16.7 Å². The average molecular weight is 555 g/mol. The van der Waals surface area contributed by atoms with Gasteiger partial charge in [0.05, 0.1) is 7.92 Å². The molecule has 0 N–H and O–H groups in total. The molecule has 0 fully saturated rings. The number of hydrogen-bond acceptors (Lipinski definition) is 0. The number of hydrogen-bond donors (Lipinski definition) is 0. The van der Waals surface area contributed by atoms with Crippen LogP contribution >= 0.6 is 27.3 Å². The molecular weight excluding hydrogens is 527 g/mol. The van der Waals surface area contributed by atoms with Crippen molar-refractivity contribution in [2.45, 2.75) is 20.8 Å². The molecule has 162 valence electrons. The van der Waals surface area contributed by atoms with Gasteiger partial charge in [0.25, 0.3) is 0 Å².